The predicted octanol–water partition coefficient (Wildman–Crippen LogP) is 4.04. The monoisotopic (exact) mass is 430 g/mol. The largest absolute Gasteiger partial charge is 0.490 e. The second kappa shape index (κ2) is 9.11. The third-order valence-electron chi connectivity index (χ3n) is 5.58. The van der Waals surface area contributed by atoms with Crippen LogP contribution in [0.1, 0.15) is 36.8 Å². The van der Waals surface area contributed by atoms with Gasteiger partial charge < -0.3 is 14.8 Å². The summed E-state index contributed by atoms with van der Waals surface area (Å²) in [5.74, 6) is -1.49. The summed E-state index contributed by atoms with van der Waals surface area (Å²) in [6.45, 7) is 1.09. The van der Waals surface area contributed by atoms with E-state index in [-0.39, 0.29) is 11.4 Å². The highest BCUT2D eigenvalue weighted by molar-refractivity contribution is 5.95. The number of nitro benzene ring substituents is 1. The van der Waals surface area contributed by atoms with Crippen molar-refractivity contribution in [1.29, 1.82) is 0 Å². The molecule has 0 aliphatic heterocycles. The summed E-state index contributed by atoms with van der Waals surface area (Å²) in [7, 11) is 1.29. The van der Waals surface area contributed by atoms with Gasteiger partial charge in [-0.2, -0.15) is 0 Å². The molecule has 164 valence electrons. The number of benzene rings is 2. The van der Waals surface area contributed by atoms with Gasteiger partial charge in [-0.15, -0.1) is 0 Å². The van der Waals surface area contributed by atoms with Crippen LogP contribution < -0.4 is 10.1 Å². The van der Waals surface area contributed by atoms with Gasteiger partial charge in [-0.25, -0.2) is 4.39 Å². The number of anilines is 1. The van der Waals surface area contributed by atoms with E-state index in [9.17, 15) is 24.1 Å². The summed E-state index contributed by atoms with van der Waals surface area (Å²) in [6.07, 6.45) is 2.80. The van der Waals surface area contributed by atoms with Crippen LogP contribution in [-0.4, -0.2) is 30.5 Å². The molecule has 2 aromatic rings. The van der Waals surface area contributed by atoms with Gasteiger partial charge in [-0.3, -0.25) is 19.7 Å². The Balaban J connectivity index is 1.69. The number of nitro groups is 1. The molecule has 0 unspecified atom stereocenters. The number of aryl methyl sites for hydroxylation is 1. The molecule has 1 saturated carbocycles. The molecule has 0 spiro atoms. The van der Waals surface area contributed by atoms with E-state index in [4.69, 9.17) is 9.47 Å². The van der Waals surface area contributed by atoms with Crippen LogP contribution in [0.3, 0.4) is 0 Å². The zero-order valence-corrected chi connectivity index (χ0v) is 17.3. The Morgan fingerprint density at radius 1 is 1.19 bits per heavy atom. The zero-order chi connectivity index (χ0) is 22.6. The fraction of sp³-hybridized carbons (Fsp3) is 0.364. The number of hydrogen-bond acceptors (Lipinski definition) is 6. The summed E-state index contributed by atoms with van der Waals surface area (Å²) < 4.78 is 23.6. The molecule has 9 heteroatoms. The first kappa shape index (κ1) is 22.2. The van der Waals surface area contributed by atoms with Crippen molar-refractivity contribution in [3.63, 3.8) is 0 Å². The number of ether oxygens (including phenoxy) is 2. The summed E-state index contributed by atoms with van der Waals surface area (Å²) in [6, 6.07) is 8.41. The summed E-state index contributed by atoms with van der Waals surface area (Å²) in [5.41, 5.74) is 0.350. The van der Waals surface area contributed by atoms with Gasteiger partial charge in [0.1, 0.15) is 5.82 Å². The number of carbonyl (C=O) groups excluding carboxylic acids is 2. The van der Waals surface area contributed by atoms with Gasteiger partial charge in [0, 0.05) is 17.8 Å². The van der Waals surface area contributed by atoms with E-state index in [1.54, 1.807) is 19.1 Å². The maximum atomic E-state index is 13.3. The lowest BCUT2D eigenvalue weighted by Gasteiger charge is -2.27. The normalized spacial score (nSPS) is 14.7. The minimum atomic E-state index is -0.888. The molecule has 31 heavy (non-hydrogen) atoms. The van der Waals surface area contributed by atoms with Gasteiger partial charge in [0.05, 0.1) is 17.4 Å². The molecule has 3 rings (SSSR count). The Kier molecular flexibility index (Phi) is 6.53. The van der Waals surface area contributed by atoms with E-state index in [0.717, 1.165) is 12.8 Å². The molecule has 0 atom stereocenters. The number of esters is 1. The lowest BCUT2D eigenvalue weighted by molar-refractivity contribution is -0.385. The maximum Gasteiger partial charge on any atom is 0.317 e. The van der Waals surface area contributed by atoms with Gasteiger partial charge in [0.15, 0.2) is 12.4 Å². The highest BCUT2D eigenvalue weighted by atomic mass is 19.1. The fourth-order valence-corrected chi connectivity index (χ4v) is 3.93. The van der Waals surface area contributed by atoms with Crippen molar-refractivity contribution < 1.29 is 28.4 Å². The van der Waals surface area contributed by atoms with Crippen molar-refractivity contribution in [2.45, 2.75) is 38.0 Å². The van der Waals surface area contributed by atoms with Crippen LogP contribution >= 0.6 is 0 Å². The lowest BCUT2D eigenvalue weighted by Crippen LogP contribution is -2.36. The molecule has 1 aliphatic carbocycles. The summed E-state index contributed by atoms with van der Waals surface area (Å²) in [4.78, 5) is 35.8. The topological polar surface area (TPSA) is 108 Å². The summed E-state index contributed by atoms with van der Waals surface area (Å²) in [5, 5.41) is 13.7. The first-order chi connectivity index (χ1) is 14.8. The van der Waals surface area contributed by atoms with E-state index >= 15 is 0 Å². The molecule has 1 aliphatic rings. The van der Waals surface area contributed by atoms with Gasteiger partial charge in [0.25, 0.3) is 5.91 Å². The van der Waals surface area contributed by atoms with Crippen LogP contribution in [0.25, 0.3) is 0 Å². The number of halogens is 1. The van der Waals surface area contributed by atoms with Crippen molar-refractivity contribution in [2.24, 2.45) is 0 Å². The fourth-order valence-electron chi connectivity index (χ4n) is 3.93. The highest BCUT2D eigenvalue weighted by Crippen LogP contribution is 2.42. The molecule has 0 bridgehead atoms. The van der Waals surface area contributed by atoms with Crippen molar-refractivity contribution in [1.82, 2.24) is 0 Å². The molecule has 0 heterocycles. The van der Waals surface area contributed by atoms with Crippen molar-refractivity contribution in [3.8, 4) is 5.75 Å². The zero-order valence-electron chi connectivity index (χ0n) is 17.3. The molecule has 8 nitrogen and oxygen atoms in total. The molecule has 1 N–H and O–H groups in total. The lowest BCUT2D eigenvalue weighted by atomic mass is 9.79. The first-order valence-corrected chi connectivity index (χ1v) is 9.83. The van der Waals surface area contributed by atoms with Crippen LogP contribution in [0.4, 0.5) is 15.8 Å². The van der Waals surface area contributed by atoms with E-state index in [0.29, 0.717) is 29.7 Å². The minimum absolute atomic E-state index is 0.00381. The Hall–Kier alpha value is -3.49. The Labute approximate surface area is 178 Å². The molecule has 0 radical (unpaired) electrons. The SMILES string of the molecule is COc1cc(NC(=O)COC(=O)C2(c3ccc(F)cc3)CCCC2)c(C)cc1[N+](=O)[O-]. The highest BCUT2D eigenvalue weighted by Gasteiger charge is 2.44. The van der Waals surface area contributed by atoms with Crippen LogP contribution in [0.15, 0.2) is 36.4 Å². The van der Waals surface area contributed by atoms with Crippen LogP contribution in [0.2, 0.25) is 0 Å². The van der Waals surface area contributed by atoms with Gasteiger partial charge in [-0.1, -0.05) is 25.0 Å². The molecule has 0 aromatic heterocycles. The van der Waals surface area contributed by atoms with Crippen molar-refractivity contribution >= 4 is 23.3 Å². The second-order valence-electron chi connectivity index (χ2n) is 7.52. The number of hydrogen-bond donors (Lipinski definition) is 1. The molecule has 2 aromatic carbocycles. The quantitative estimate of drug-likeness (QED) is 0.403. The number of nitrogens with zero attached hydrogens (tertiary/aromatic N) is 1. The average Bonchev–Trinajstić information content (AvgIpc) is 3.24. The molecular formula is C22H23FN2O6. The first-order valence-electron chi connectivity index (χ1n) is 9.83. The van der Waals surface area contributed by atoms with Gasteiger partial charge in [-0.05, 0) is 43.0 Å². The van der Waals surface area contributed by atoms with E-state index in [2.05, 4.69) is 5.32 Å². The van der Waals surface area contributed by atoms with Crippen LogP contribution in [0, 0.1) is 22.9 Å². The molecule has 1 fully saturated rings. The second-order valence-corrected chi connectivity index (χ2v) is 7.52. The van der Waals surface area contributed by atoms with Crippen LogP contribution in [-0.2, 0) is 19.7 Å². The Bertz CT molecular complexity index is 1000. The smallest absolute Gasteiger partial charge is 0.317 e. The molecular weight excluding hydrogens is 407 g/mol. The number of methoxy groups -OCH3 is 1. The van der Waals surface area contributed by atoms with E-state index < -0.39 is 34.6 Å². The van der Waals surface area contributed by atoms with E-state index in [1.165, 1.54) is 31.4 Å². The number of amides is 1. The van der Waals surface area contributed by atoms with Crippen LogP contribution in [0.5, 0.6) is 5.75 Å². The summed E-state index contributed by atoms with van der Waals surface area (Å²) >= 11 is 0. The Morgan fingerprint density at radius 2 is 1.84 bits per heavy atom. The number of nitrogens with one attached hydrogen (secondary N) is 1. The van der Waals surface area contributed by atoms with Gasteiger partial charge >= 0.3 is 11.7 Å². The minimum Gasteiger partial charge on any atom is -0.490 e. The van der Waals surface area contributed by atoms with Crippen molar-refractivity contribution in [2.75, 3.05) is 19.0 Å². The van der Waals surface area contributed by atoms with E-state index in [1.807, 2.05) is 0 Å². The average molecular weight is 430 g/mol. The molecule has 0 saturated heterocycles. The molecule has 1 amide bonds. The number of carbonyl (C=O) groups is 2. The van der Waals surface area contributed by atoms with Gasteiger partial charge in [0.2, 0.25) is 0 Å². The van der Waals surface area contributed by atoms with Crippen molar-refractivity contribution in [3.05, 3.63) is 63.5 Å². The maximum absolute atomic E-state index is 13.3. The third-order valence-corrected chi connectivity index (χ3v) is 5.58. The third kappa shape index (κ3) is 4.65. The predicted molar refractivity (Wildman–Crippen MR) is 111 cm³/mol. The Morgan fingerprint density at radius 3 is 2.42 bits per heavy atom. The standard InChI is InChI=1S/C22H23FN2O6/c1-14-11-18(25(28)29)19(30-2)12-17(14)24-20(26)13-31-21(27)22(9-3-4-10-22)15-5-7-16(23)8-6-15/h5-8,11-12H,3-4,9-10,13H2,1-2H3,(H,24,26). The number of rotatable bonds is 7.